The summed E-state index contributed by atoms with van der Waals surface area (Å²) >= 11 is 0. The van der Waals surface area contributed by atoms with Gasteiger partial charge in [-0.1, -0.05) is 30.3 Å². The van der Waals surface area contributed by atoms with E-state index in [1.165, 1.54) is 0 Å². The van der Waals surface area contributed by atoms with Crippen LogP contribution in [0.5, 0.6) is 0 Å². The van der Waals surface area contributed by atoms with Crippen LogP contribution in [0.15, 0.2) is 79.3 Å². The number of hydrogen-bond acceptors (Lipinski definition) is 5. The van der Waals surface area contributed by atoms with Crippen LogP contribution < -0.4 is 5.32 Å². The summed E-state index contributed by atoms with van der Waals surface area (Å²) in [4.78, 5) is 18.3. The zero-order chi connectivity index (χ0) is 18.8. The Balaban J connectivity index is 1.44. The standard InChI is InChI=1S/C22H18N6/c1-2-8-17-16(7-1)21(27-22(26-17)19-10-5-6-12-23-19)24-13-14-28-15-25-18-9-3-4-11-20(18)28/h1-12,15H,13-14H2,(H,24,26,27). The van der Waals surface area contributed by atoms with Gasteiger partial charge in [-0.2, -0.15) is 0 Å². The van der Waals surface area contributed by atoms with Crippen molar-refractivity contribution in [3.63, 3.8) is 0 Å². The molecule has 0 amide bonds. The molecule has 2 aromatic carbocycles. The van der Waals surface area contributed by atoms with Crippen LogP contribution in [0, 0.1) is 0 Å². The number of anilines is 1. The van der Waals surface area contributed by atoms with Gasteiger partial charge in [-0.05, 0) is 36.4 Å². The lowest BCUT2D eigenvalue weighted by Crippen LogP contribution is -2.11. The summed E-state index contributed by atoms with van der Waals surface area (Å²) in [6.07, 6.45) is 3.63. The maximum Gasteiger partial charge on any atom is 0.180 e. The second-order valence-electron chi connectivity index (χ2n) is 6.48. The van der Waals surface area contributed by atoms with Gasteiger partial charge in [0.1, 0.15) is 11.5 Å². The summed E-state index contributed by atoms with van der Waals surface area (Å²) in [6, 6.07) is 21.9. The van der Waals surface area contributed by atoms with E-state index in [0.29, 0.717) is 5.82 Å². The highest BCUT2D eigenvalue weighted by Gasteiger charge is 2.10. The molecule has 6 heteroatoms. The van der Waals surface area contributed by atoms with Crippen LogP contribution in [0.25, 0.3) is 33.5 Å². The fraction of sp³-hybridized carbons (Fsp3) is 0.0909. The minimum atomic E-state index is 0.620. The molecule has 0 unspecified atom stereocenters. The molecule has 0 bridgehead atoms. The molecule has 0 saturated carbocycles. The second-order valence-corrected chi connectivity index (χ2v) is 6.48. The number of nitrogens with one attached hydrogen (secondary N) is 1. The van der Waals surface area contributed by atoms with E-state index < -0.39 is 0 Å². The Morgan fingerprint density at radius 3 is 2.50 bits per heavy atom. The predicted octanol–water partition coefficient (Wildman–Crippen LogP) is 4.15. The van der Waals surface area contributed by atoms with Gasteiger partial charge in [-0.25, -0.2) is 15.0 Å². The third-order valence-corrected chi connectivity index (χ3v) is 4.67. The van der Waals surface area contributed by atoms with Crippen molar-refractivity contribution in [3.05, 3.63) is 79.3 Å². The fourth-order valence-corrected chi connectivity index (χ4v) is 3.30. The average molecular weight is 366 g/mol. The van der Waals surface area contributed by atoms with Gasteiger partial charge in [0.15, 0.2) is 5.82 Å². The number of pyridine rings is 1. The topological polar surface area (TPSA) is 68.5 Å². The highest BCUT2D eigenvalue weighted by molar-refractivity contribution is 5.90. The van der Waals surface area contributed by atoms with E-state index in [1.54, 1.807) is 6.20 Å². The molecule has 3 heterocycles. The monoisotopic (exact) mass is 366 g/mol. The summed E-state index contributed by atoms with van der Waals surface area (Å²) in [5.74, 6) is 1.44. The third kappa shape index (κ3) is 3.05. The highest BCUT2D eigenvalue weighted by atomic mass is 15.1. The largest absolute Gasteiger partial charge is 0.368 e. The van der Waals surface area contributed by atoms with E-state index in [-0.39, 0.29) is 0 Å². The van der Waals surface area contributed by atoms with Crippen molar-refractivity contribution in [1.82, 2.24) is 24.5 Å². The number of imidazole rings is 1. The predicted molar refractivity (Wildman–Crippen MR) is 111 cm³/mol. The first-order chi connectivity index (χ1) is 13.9. The Morgan fingerprint density at radius 2 is 1.61 bits per heavy atom. The summed E-state index contributed by atoms with van der Waals surface area (Å²) in [5, 5.41) is 4.47. The van der Waals surface area contributed by atoms with Gasteiger partial charge < -0.3 is 9.88 Å². The second kappa shape index (κ2) is 7.08. The van der Waals surface area contributed by atoms with Gasteiger partial charge in [-0.3, -0.25) is 4.98 Å². The molecule has 5 rings (SSSR count). The van der Waals surface area contributed by atoms with Crippen molar-refractivity contribution in [2.45, 2.75) is 6.54 Å². The first-order valence-electron chi connectivity index (χ1n) is 9.20. The van der Waals surface area contributed by atoms with Gasteiger partial charge in [-0.15, -0.1) is 0 Å². The number of rotatable bonds is 5. The number of para-hydroxylation sites is 3. The molecule has 28 heavy (non-hydrogen) atoms. The van der Waals surface area contributed by atoms with Gasteiger partial charge in [0, 0.05) is 24.7 Å². The number of fused-ring (bicyclic) bond motifs is 2. The SMILES string of the molecule is c1ccc(-c2nc(NCCn3cnc4ccccc43)c3ccccc3n2)nc1. The van der Waals surface area contributed by atoms with Crippen LogP contribution in [-0.4, -0.2) is 31.0 Å². The van der Waals surface area contributed by atoms with E-state index in [4.69, 9.17) is 4.98 Å². The van der Waals surface area contributed by atoms with Crippen LogP contribution in [0.2, 0.25) is 0 Å². The number of nitrogens with zero attached hydrogens (tertiary/aromatic N) is 5. The molecule has 6 nitrogen and oxygen atoms in total. The quantitative estimate of drug-likeness (QED) is 0.506. The summed E-state index contributed by atoms with van der Waals surface area (Å²) in [7, 11) is 0. The molecule has 0 aliphatic carbocycles. The van der Waals surface area contributed by atoms with Gasteiger partial charge in [0.2, 0.25) is 0 Å². The Kier molecular flexibility index (Phi) is 4.14. The van der Waals surface area contributed by atoms with E-state index in [9.17, 15) is 0 Å². The van der Waals surface area contributed by atoms with Crippen molar-refractivity contribution in [1.29, 1.82) is 0 Å². The van der Waals surface area contributed by atoms with Crippen molar-refractivity contribution in [2.75, 3.05) is 11.9 Å². The normalized spacial score (nSPS) is 11.1. The molecule has 0 saturated heterocycles. The maximum atomic E-state index is 4.74. The first kappa shape index (κ1) is 16.4. The van der Waals surface area contributed by atoms with Crippen LogP contribution in [0.3, 0.4) is 0 Å². The molecule has 0 atom stereocenters. The zero-order valence-electron chi connectivity index (χ0n) is 15.2. The lowest BCUT2D eigenvalue weighted by molar-refractivity contribution is 0.747. The molecular weight excluding hydrogens is 348 g/mol. The maximum absolute atomic E-state index is 4.74. The molecule has 0 radical (unpaired) electrons. The van der Waals surface area contributed by atoms with E-state index in [0.717, 1.165) is 46.5 Å². The minimum absolute atomic E-state index is 0.620. The van der Waals surface area contributed by atoms with E-state index in [1.807, 2.05) is 67.0 Å². The first-order valence-corrected chi connectivity index (χ1v) is 9.20. The summed E-state index contributed by atoms with van der Waals surface area (Å²) in [5.41, 5.74) is 3.80. The molecule has 1 N–H and O–H groups in total. The van der Waals surface area contributed by atoms with Gasteiger partial charge in [0.05, 0.1) is 22.9 Å². The zero-order valence-corrected chi connectivity index (χ0v) is 15.2. The molecular formula is C22H18N6. The van der Waals surface area contributed by atoms with Crippen molar-refractivity contribution in [2.24, 2.45) is 0 Å². The molecule has 0 aliphatic heterocycles. The minimum Gasteiger partial charge on any atom is -0.368 e. The van der Waals surface area contributed by atoms with Crippen LogP contribution >= 0.6 is 0 Å². The lowest BCUT2D eigenvalue weighted by Gasteiger charge is -2.11. The highest BCUT2D eigenvalue weighted by Crippen LogP contribution is 2.23. The fourth-order valence-electron chi connectivity index (χ4n) is 3.30. The Bertz CT molecular complexity index is 1250. The number of hydrogen-bond donors (Lipinski definition) is 1. The summed E-state index contributed by atoms with van der Waals surface area (Å²) in [6.45, 7) is 1.51. The van der Waals surface area contributed by atoms with E-state index >= 15 is 0 Å². The average Bonchev–Trinajstić information content (AvgIpc) is 3.17. The Morgan fingerprint density at radius 1 is 0.786 bits per heavy atom. The third-order valence-electron chi connectivity index (χ3n) is 4.67. The molecule has 0 aliphatic rings. The van der Waals surface area contributed by atoms with Crippen molar-refractivity contribution < 1.29 is 0 Å². The lowest BCUT2D eigenvalue weighted by atomic mass is 10.2. The van der Waals surface area contributed by atoms with Crippen LogP contribution in [-0.2, 0) is 6.54 Å². The van der Waals surface area contributed by atoms with Gasteiger partial charge in [0.25, 0.3) is 0 Å². The molecule has 0 spiro atoms. The van der Waals surface area contributed by atoms with Crippen molar-refractivity contribution >= 4 is 27.8 Å². The van der Waals surface area contributed by atoms with Gasteiger partial charge >= 0.3 is 0 Å². The number of benzene rings is 2. The Hall–Kier alpha value is -3.80. The molecule has 5 aromatic rings. The number of aromatic nitrogens is 5. The van der Waals surface area contributed by atoms with Crippen LogP contribution in [0.4, 0.5) is 5.82 Å². The Labute approximate surface area is 161 Å². The van der Waals surface area contributed by atoms with Crippen LogP contribution in [0.1, 0.15) is 0 Å². The summed E-state index contributed by atoms with van der Waals surface area (Å²) < 4.78 is 2.14. The van der Waals surface area contributed by atoms with E-state index in [2.05, 4.69) is 30.9 Å². The molecule has 136 valence electrons. The van der Waals surface area contributed by atoms with Crippen molar-refractivity contribution in [3.8, 4) is 11.5 Å². The molecule has 3 aromatic heterocycles. The molecule has 0 fully saturated rings. The smallest absolute Gasteiger partial charge is 0.180 e.